The highest BCUT2D eigenvalue weighted by atomic mass is 35.5. The third kappa shape index (κ3) is 6.25. The zero-order valence-electron chi connectivity index (χ0n) is 16.3. The Balaban J connectivity index is 1.43. The number of hydrogen-bond donors (Lipinski definition) is 2. The van der Waals surface area contributed by atoms with Crippen LogP contribution in [0.1, 0.15) is 6.92 Å². The van der Waals surface area contributed by atoms with E-state index in [1.807, 2.05) is 42.5 Å². The van der Waals surface area contributed by atoms with Crippen molar-refractivity contribution >= 4 is 23.4 Å². The summed E-state index contributed by atoms with van der Waals surface area (Å²) in [6.45, 7) is 1.34. The molecule has 30 heavy (non-hydrogen) atoms. The molecule has 2 amide bonds. The number of ether oxygens (including phenoxy) is 2. The van der Waals surface area contributed by atoms with Gasteiger partial charge in [-0.05, 0) is 54.4 Å². The monoisotopic (exact) mass is 424 g/mol. The first-order chi connectivity index (χ1) is 14.5. The molecule has 3 rings (SSSR count). The Bertz CT molecular complexity index is 976. The maximum Gasteiger partial charge on any atom is 0.279 e. The predicted octanol–water partition coefficient (Wildman–Crippen LogP) is 4.00. The number of hydrogen-bond acceptors (Lipinski definition) is 4. The second-order valence-electron chi connectivity index (χ2n) is 6.43. The molecule has 154 valence electrons. The minimum atomic E-state index is -0.801. The molecule has 1 atom stereocenters. The fourth-order valence-corrected chi connectivity index (χ4v) is 2.69. The van der Waals surface area contributed by atoms with Crippen LogP contribution in [0, 0.1) is 0 Å². The number of hydrazine groups is 1. The fourth-order valence-electron chi connectivity index (χ4n) is 2.56. The van der Waals surface area contributed by atoms with Crippen molar-refractivity contribution in [1.82, 2.24) is 10.9 Å². The third-order valence-electron chi connectivity index (χ3n) is 4.15. The van der Waals surface area contributed by atoms with Crippen LogP contribution < -0.4 is 20.3 Å². The molecule has 0 aliphatic heterocycles. The van der Waals surface area contributed by atoms with E-state index >= 15 is 0 Å². The van der Waals surface area contributed by atoms with Gasteiger partial charge in [-0.3, -0.25) is 20.4 Å². The lowest BCUT2D eigenvalue weighted by atomic mass is 10.1. The molecule has 3 aromatic carbocycles. The molecule has 3 aromatic rings. The fraction of sp³-hybridized carbons (Fsp3) is 0.130. The number of carbonyl (C=O) groups excluding carboxylic acids is 2. The maximum atomic E-state index is 12.1. The van der Waals surface area contributed by atoms with Crippen LogP contribution in [0.15, 0.2) is 78.9 Å². The van der Waals surface area contributed by atoms with Crippen molar-refractivity contribution in [2.75, 3.05) is 6.61 Å². The van der Waals surface area contributed by atoms with Gasteiger partial charge in [0.25, 0.3) is 11.8 Å². The molecular weight excluding hydrogens is 404 g/mol. The normalized spacial score (nSPS) is 11.3. The van der Waals surface area contributed by atoms with Gasteiger partial charge in [-0.25, -0.2) is 0 Å². The molecule has 0 radical (unpaired) electrons. The number of benzene rings is 3. The highest BCUT2D eigenvalue weighted by Crippen LogP contribution is 2.22. The van der Waals surface area contributed by atoms with Crippen LogP contribution in [-0.4, -0.2) is 24.5 Å². The number of amides is 2. The first kappa shape index (κ1) is 21.2. The van der Waals surface area contributed by atoms with Gasteiger partial charge in [-0.2, -0.15) is 0 Å². The van der Waals surface area contributed by atoms with Crippen LogP contribution in [0.25, 0.3) is 11.1 Å². The van der Waals surface area contributed by atoms with Crippen LogP contribution in [0.2, 0.25) is 5.02 Å². The van der Waals surface area contributed by atoms with Gasteiger partial charge in [0.05, 0.1) is 0 Å². The molecule has 0 saturated carbocycles. The number of nitrogens with one attached hydrogen (secondary N) is 2. The molecule has 0 aliphatic rings. The van der Waals surface area contributed by atoms with Crippen molar-refractivity contribution in [2.24, 2.45) is 0 Å². The van der Waals surface area contributed by atoms with E-state index < -0.39 is 17.9 Å². The molecule has 6 nitrogen and oxygen atoms in total. The Labute approximate surface area is 179 Å². The van der Waals surface area contributed by atoms with Crippen LogP contribution in [0.5, 0.6) is 11.5 Å². The minimum Gasteiger partial charge on any atom is -0.484 e. The number of rotatable bonds is 7. The van der Waals surface area contributed by atoms with Gasteiger partial charge < -0.3 is 9.47 Å². The summed E-state index contributed by atoms with van der Waals surface area (Å²) in [5.74, 6) is 0.0611. The largest absolute Gasteiger partial charge is 0.484 e. The minimum absolute atomic E-state index is 0.252. The van der Waals surface area contributed by atoms with Gasteiger partial charge in [0, 0.05) is 5.02 Å². The summed E-state index contributed by atoms with van der Waals surface area (Å²) in [4.78, 5) is 24.0. The highest BCUT2D eigenvalue weighted by Gasteiger charge is 2.15. The summed E-state index contributed by atoms with van der Waals surface area (Å²) in [6, 6.07) is 24.0. The molecule has 0 fully saturated rings. The molecule has 0 saturated heterocycles. The highest BCUT2D eigenvalue weighted by molar-refractivity contribution is 6.30. The van der Waals surface area contributed by atoms with E-state index in [0.29, 0.717) is 16.5 Å². The zero-order valence-corrected chi connectivity index (χ0v) is 17.1. The summed E-state index contributed by atoms with van der Waals surface area (Å²) in [5.41, 5.74) is 6.76. The molecule has 0 spiro atoms. The van der Waals surface area contributed by atoms with Crippen molar-refractivity contribution in [3.63, 3.8) is 0 Å². The average Bonchev–Trinajstić information content (AvgIpc) is 2.78. The van der Waals surface area contributed by atoms with Gasteiger partial charge in [-0.15, -0.1) is 0 Å². The van der Waals surface area contributed by atoms with Gasteiger partial charge in [0.1, 0.15) is 11.5 Å². The molecule has 0 aromatic heterocycles. The smallest absolute Gasteiger partial charge is 0.279 e. The second-order valence-corrected chi connectivity index (χ2v) is 6.87. The summed E-state index contributed by atoms with van der Waals surface area (Å²) in [5, 5.41) is 0.572. The van der Waals surface area contributed by atoms with E-state index in [2.05, 4.69) is 10.9 Å². The maximum absolute atomic E-state index is 12.1. The average molecular weight is 425 g/mol. The van der Waals surface area contributed by atoms with Crippen molar-refractivity contribution < 1.29 is 19.1 Å². The van der Waals surface area contributed by atoms with E-state index in [1.54, 1.807) is 43.3 Å². The van der Waals surface area contributed by atoms with Crippen LogP contribution in [-0.2, 0) is 9.59 Å². The lowest BCUT2D eigenvalue weighted by molar-refractivity contribution is -0.133. The zero-order chi connectivity index (χ0) is 21.3. The van der Waals surface area contributed by atoms with Crippen molar-refractivity contribution in [3.05, 3.63) is 83.9 Å². The summed E-state index contributed by atoms with van der Waals surface area (Å²) in [7, 11) is 0. The quantitative estimate of drug-likeness (QED) is 0.562. The predicted molar refractivity (Wildman–Crippen MR) is 115 cm³/mol. The molecule has 0 heterocycles. The van der Waals surface area contributed by atoms with Gasteiger partial charge >= 0.3 is 0 Å². The Morgan fingerprint density at radius 3 is 2.10 bits per heavy atom. The standard InChI is InChI=1S/C23H21ClN2O4/c1-16(30-21-11-7-18(8-12-21)17-5-3-2-4-6-17)23(28)26-25-22(27)15-29-20-13-9-19(24)10-14-20/h2-14,16H,15H2,1H3,(H,25,27)(H,26,28). The summed E-state index contributed by atoms with van der Waals surface area (Å²) < 4.78 is 10.9. The first-order valence-corrected chi connectivity index (χ1v) is 9.68. The van der Waals surface area contributed by atoms with Gasteiger partial charge in [0.2, 0.25) is 0 Å². The summed E-state index contributed by atoms with van der Waals surface area (Å²) >= 11 is 5.79. The number of halogens is 1. The molecule has 2 N–H and O–H groups in total. The van der Waals surface area contributed by atoms with E-state index in [4.69, 9.17) is 21.1 Å². The van der Waals surface area contributed by atoms with E-state index in [9.17, 15) is 9.59 Å². The Kier molecular flexibility index (Phi) is 7.29. The van der Waals surface area contributed by atoms with Gasteiger partial charge in [0.15, 0.2) is 12.7 Å². The summed E-state index contributed by atoms with van der Waals surface area (Å²) in [6.07, 6.45) is -0.801. The van der Waals surface area contributed by atoms with Gasteiger partial charge in [-0.1, -0.05) is 54.1 Å². The van der Waals surface area contributed by atoms with E-state index in [-0.39, 0.29) is 6.61 Å². The van der Waals surface area contributed by atoms with Crippen molar-refractivity contribution in [1.29, 1.82) is 0 Å². The lowest BCUT2D eigenvalue weighted by Gasteiger charge is -2.15. The molecular formula is C23H21ClN2O4. The van der Waals surface area contributed by atoms with Crippen LogP contribution in [0.3, 0.4) is 0 Å². The van der Waals surface area contributed by atoms with Crippen LogP contribution in [0.4, 0.5) is 0 Å². The number of carbonyl (C=O) groups is 2. The lowest BCUT2D eigenvalue weighted by Crippen LogP contribution is -2.48. The SMILES string of the molecule is CC(Oc1ccc(-c2ccccc2)cc1)C(=O)NNC(=O)COc1ccc(Cl)cc1. The molecule has 0 aliphatic carbocycles. The Hall–Kier alpha value is -3.51. The second kappa shape index (κ2) is 10.3. The molecule has 0 bridgehead atoms. The molecule has 1 unspecified atom stereocenters. The van der Waals surface area contributed by atoms with E-state index in [1.165, 1.54) is 0 Å². The topological polar surface area (TPSA) is 76.7 Å². The Morgan fingerprint density at radius 2 is 1.43 bits per heavy atom. The van der Waals surface area contributed by atoms with E-state index in [0.717, 1.165) is 11.1 Å². The third-order valence-corrected chi connectivity index (χ3v) is 4.40. The van der Waals surface area contributed by atoms with Crippen molar-refractivity contribution in [3.8, 4) is 22.6 Å². The molecule has 7 heteroatoms. The van der Waals surface area contributed by atoms with Crippen molar-refractivity contribution in [2.45, 2.75) is 13.0 Å². The Morgan fingerprint density at radius 1 is 0.833 bits per heavy atom. The van der Waals surface area contributed by atoms with Crippen LogP contribution >= 0.6 is 11.6 Å². The first-order valence-electron chi connectivity index (χ1n) is 9.30.